The molecule has 2 heterocycles. The second kappa shape index (κ2) is 8.44. The standard InChI is InChI=1S/C22H22ClNO6/c1-13(24-11-19(30-22(24)26)15-4-3-5-16(23)10-15)8-14-6-7-17-18(9-14)28-12-20(29-17)21(25)27-2/h3-7,9-10,13,19-20H,8,11-12H2,1-2H3/t13-,19+,20?/m1/s1. The van der Waals surface area contributed by atoms with Crippen LogP contribution in [-0.2, 0) is 20.7 Å². The van der Waals surface area contributed by atoms with Crippen molar-refractivity contribution in [2.45, 2.75) is 31.6 Å². The number of hydrogen-bond acceptors (Lipinski definition) is 6. The first-order valence-corrected chi connectivity index (χ1v) is 10.1. The molecular formula is C22H22ClNO6. The first kappa shape index (κ1) is 20.3. The largest absolute Gasteiger partial charge is 0.485 e. The van der Waals surface area contributed by atoms with Gasteiger partial charge in [0.1, 0.15) is 12.7 Å². The summed E-state index contributed by atoms with van der Waals surface area (Å²) in [5.74, 6) is 0.593. The fraction of sp³-hybridized carbons (Fsp3) is 0.364. The molecular weight excluding hydrogens is 410 g/mol. The minimum Gasteiger partial charge on any atom is -0.485 e. The monoisotopic (exact) mass is 431 g/mol. The zero-order valence-electron chi connectivity index (χ0n) is 16.7. The van der Waals surface area contributed by atoms with Crippen LogP contribution in [0, 0.1) is 0 Å². The van der Waals surface area contributed by atoms with Crippen molar-refractivity contribution >= 4 is 23.7 Å². The van der Waals surface area contributed by atoms with E-state index < -0.39 is 12.1 Å². The van der Waals surface area contributed by atoms with E-state index in [-0.39, 0.29) is 24.8 Å². The maximum Gasteiger partial charge on any atom is 0.410 e. The van der Waals surface area contributed by atoms with Gasteiger partial charge in [-0.1, -0.05) is 29.8 Å². The second-order valence-electron chi connectivity index (χ2n) is 7.35. The smallest absolute Gasteiger partial charge is 0.410 e. The highest BCUT2D eigenvalue weighted by Gasteiger charge is 2.35. The Labute approximate surface area is 179 Å². The lowest BCUT2D eigenvalue weighted by Gasteiger charge is -2.26. The van der Waals surface area contributed by atoms with E-state index in [0.717, 1.165) is 11.1 Å². The minimum absolute atomic E-state index is 0.0768. The number of benzene rings is 2. The van der Waals surface area contributed by atoms with Gasteiger partial charge in [0, 0.05) is 11.1 Å². The number of fused-ring (bicyclic) bond motifs is 1. The van der Waals surface area contributed by atoms with Gasteiger partial charge in [-0.05, 0) is 48.7 Å². The zero-order valence-corrected chi connectivity index (χ0v) is 17.4. The van der Waals surface area contributed by atoms with Crippen molar-refractivity contribution in [2.24, 2.45) is 0 Å². The van der Waals surface area contributed by atoms with Crippen LogP contribution in [-0.4, -0.2) is 49.4 Å². The summed E-state index contributed by atoms with van der Waals surface area (Å²) in [7, 11) is 1.31. The molecule has 3 atom stereocenters. The minimum atomic E-state index is -0.768. The van der Waals surface area contributed by atoms with E-state index in [2.05, 4.69) is 0 Å². The molecule has 8 heteroatoms. The van der Waals surface area contributed by atoms with Gasteiger partial charge in [-0.25, -0.2) is 9.59 Å². The SMILES string of the molecule is COC(=O)C1COc2cc(C[C@@H](C)N3C[C@@H](c4cccc(Cl)c4)OC3=O)ccc2O1. The van der Waals surface area contributed by atoms with Gasteiger partial charge in [0.15, 0.2) is 11.5 Å². The number of cyclic esters (lactones) is 1. The van der Waals surface area contributed by atoms with E-state index in [1.165, 1.54) is 7.11 Å². The Morgan fingerprint density at radius 2 is 2.07 bits per heavy atom. The highest BCUT2D eigenvalue weighted by molar-refractivity contribution is 6.30. The van der Waals surface area contributed by atoms with Crippen LogP contribution in [0.1, 0.15) is 24.2 Å². The van der Waals surface area contributed by atoms with Gasteiger partial charge >= 0.3 is 12.1 Å². The van der Waals surface area contributed by atoms with Gasteiger partial charge < -0.3 is 23.8 Å². The van der Waals surface area contributed by atoms with Crippen LogP contribution in [0.2, 0.25) is 5.02 Å². The molecule has 0 spiro atoms. The van der Waals surface area contributed by atoms with Gasteiger partial charge in [-0.3, -0.25) is 0 Å². The number of nitrogens with zero attached hydrogens (tertiary/aromatic N) is 1. The van der Waals surface area contributed by atoms with Gasteiger partial charge in [0.2, 0.25) is 6.10 Å². The molecule has 2 aromatic rings. The number of carbonyl (C=O) groups excluding carboxylic acids is 2. The molecule has 158 valence electrons. The Morgan fingerprint density at radius 3 is 2.83 bits per heavy atom. The summed E-state index contributed by atoms with van der Waals surface area (Å²) in [5.41, 5.74) is 1.87. The van der Waals surface area contributed by atoms with Crippen LogP contribution in [0.25, 0.3) is 0 Å². The molecule has 0 N–H and O–H groups in total. The number of carbonyl (C=O) groups is 2. The highest BCUT2D eigenvalue weighted by Crippen LogP contribution is 2.34. The Balaban J connectivity index is 1.41. The molecule has 0 aromatic heterocycles. The second-order valence-corrected chi connectivity index (χ2v) is 7.79. The van der Waals surface area contributed by atoms with Crippen LogP contribution in [0.15, 0.2) is 42.5 Å². The number of halogens is 1. The first-order chi connectivity index (χ1) is 14.4. The maximum atomic E-state index is 12.4. The first-order valence-electron chi connectivity index (χ1n) is 9.67. The number of hydrogen-bond donors (Lipinski definition) is 0. The summed E-state index contributed by atoms with van der Waals surface area (Å²) in [5, 5.41) is 0.612. The summed E-state index contributed by atoms with van der Waals surface area (Å²) in [6.07, 6.45) is -0.829. The normalized spacial score (nSPS) is 21.2. The van der Waals surface area contributed by atoms with Crippen LogP contribution in [0.4, 0.5) is 4.79 Å². The third kappa shape index (κ3) is 4.16. The van der Waals surface area contributed by atoms with E-state index in [4.69, 9.17) is 30.5 Å². The molecule has 1 unspecified atom stereocenters. The molecule has 2 aliphatic rings. The van der Waals surface area contributed by atoms with E-state index >= 15 is 0 Å². The molecule has 0 bridgehead atoms. The highest BCUT2D eigenvalue weighted by atomic mass is 35.5. The van der Waals surface area contributed by atoms with E-state index in [1.807, 2.05) is 37.3 Å². The average molecular weight is 432 g/mol. The van der Waals surface area contributed by atoms with Crippen LogP contribution in [0.3, 0.4) is 0 Å². The molecule has 30 heavy (non-hydrogen) atoms. The topological polar surface area (TPSA) is 74.3 Å². The summed E-state index contributed by atoms with van der Waals surface area (Å²) in [6, 6.07) is 12.8. The van der Waals surface area contributed by atoms with Crippen molar-refractivity contribution in [1.29, 1.82) is 0 Å². The lowest BCUT2D eigenvalue weighted by molar-refractivity contribution is -0.151. The van der Waals surface area contributed by atoms with Crippen molar-refractivity contribution in [2.75, 3.05) is 20.3 Å². The molecule has 0 saturated carbocycles. The fourth-order valence-corrected chi connectivity index (χ4v) is 3.86. The molecule has 1 fully saturated rings. The van der Waals surface area contributed by atoms with Crippen LogP contribution in [0.5, 0.6) is 11.5 Å². The summed E-state index contributed by atoms with van der Waals surface area (Å²) in [4.78, 5) is 25.8. The van der Waals surface area contributed by atoms with Gasteiger partial charge in [0.25, 0.3) is 0 Å². The molecule has 2 aliphatic heterocycles. The van der Waals surface area contributed by atoms with Gasteiger partial charge in [0.05, 0.1) is 13.7 Å². The Hall–Kier alpha value is -2.93. The number of esters is 1. The van der Waals surface area contributed by atoms with E-state index in [0.29, 0.717) is 29.5 Å². The maximum absolute atomic E-state index is 12.4. The quantitative estimate of drug-likeness (QED) is 0.671. The van der Waals surface area contributed by atoms with E-state index in [1.54, 1.807) is 17.0 Å². The summed E-state index contributed by atoms with van der Waals surface area (Å²) < 4.78 is 21.6. The van der Waals surface area contributed by atoms with Crippen molar-refractivity contribution in [3.05, 3.63) is 58.6 Å². The molecule has 7 nitrogen and oxygen atoms in total. The Morgan fingerprint density at radius 1 is 1.23 bits per heavy atom. The number of ether oxygens (including phenoxy) is 4. The van der Waals surface area contributed by atoms with Gasteiger partial charge in [-0.2, -0.15) is 0 Å². The molecule has 2 aromatic carbocycles. The lowest BCUT2D eigenvalue weighted by Crippen LogP contribution is -2.37. The third-order valence-corrected chi connectivity index (χ3v) is 5.49. The van der Waals surface area contributed by atoms with Crippen molar-refractivity contribution in [3.63, 3.8) is 0 Å². The molecule has 1 amide bonds. The molecule has 4 rings (SSSR count). The number of amides is 1. The predicted molar refractivity (Wildman–Crippen MR) is 109 cm³/mol. The number of methoxy groups -OCH3 is 1. The van der Waals surface area contributed by atoms with Crippen LogP contribution >= 0.6 is 11.6 Å². The third-order valence-electron chi connectivity index (χ3n) is 5.26. The lowest BCUT2D eigenvalue weighted by atomic mass is 10.0. The average Bonchev–Trinajstić information content (AvgIpc) is 3.14. The van der Waals surface area contributed by atoms with Crippen molar-refractivity contribution < 1.29 is 28.5 Å². The van der Waals surface area contributed by atoms with Crippen molar-refractivity contribution in [1.82, 2.24) is 4.90 Å². The molecule has 1 saturated heterocycles. The molecule has 0 aliphatic carbocycles. The van der Waals surface area contributed by atoms with E-state index in [9.17, 15) is 9.59 Å². The number of rotatable bonds is 5. The Bertz CT molecular complexity index is 964. The zero-order chi connectivity index (χ0) is 21.3. The van der Waals surface area contributed by atoms with Gasteiger partial charge in [-0.15, -0.1) is 0 Å². The van der Waals surface area contributed by atoms with Crippen LogP contribution < -0.4 is 9.47 Å². The summed E-state index contributed by atoms with van der Waals surface area (Å²) >= 11 is 6.06. The molecule has 0 radical (unpaired) electrons. The van der Waals surface area contributed by atoms with Crippen molar-refractivity contribution in [3.8, 4) is 11.5 Å². The summed E-state index contributed by atoms with van der Waals surface area (Å²) in [6.45, 7) is 2.54. The predicted octanol–water partition coefficient (Wildman–Crippen LogP) is 3.78. The fourth-order valence-electron chi connectivity index (χ4n) is 3.66. The Kier molecular flexibility index (Phi) is 5.72.